The first kappa shape index (κ1) is 20.5. The fourth-order valence-electron chi connectivity index (χ4n) is 1.99. The Morgan fingerprint density at radius 3 is 2.28 bits per heavy atom. The second-order valence-electron chi connectivity index (χ2n) is 7.21. The minimum Gasteiger partial charge on any atom is -0.444 e. The molecular weight excluding hydrogens is 322 g/mol. The molecule has 0 aliphatic rings. The molecule has 25 heavy (non-hydrogen) atoms. The lowest BCUT2D eigenvalue weighted by atomic mass is 10.0. The predicted octanol–water partition coefficient (Wildman–Crippen LogP) is 1.97. The van der Waals surface area contributed by atoms with Crippen molar-refractivity contribution in [3.05, 3.63) is 35.4 Å². The molecule has 7 nitrogen and oxygen atoms in total. The van der Waals surface area contributed by atoms with E-state index in [4.69, 9.17) is 4.74 Å². The van der Waals surface area contributed by atoms with Gasteiger partial charge in [0, 0.05) is 19.2 Å². The summed E-state index contributed by atoms with van der Waals surface area (Å²) in [4.78, 5) is 35.8. The van der Waals surface area contributed by atoms with Gasteiger partial charge in [0.25, 0.3) is 5.91 Å². The van der Waals surface area contributed by atoms with Crippen molar-refractivity contribution >= 4 is 17.9 Å². The summed E-state index contributed by atoms with van der Waals surface area (Å²) in [6.45, 7) is 8.67. The maximum absolute atomic E-state index is 12.4. The molecule has 0 aliphatic heterocycles. The van der Waals surface area contributed by atoms with Crippen molar-refractivity contribution < 1.29 is 19.1 Å². The molecule has 0 heterocycles. The van der Waals surface area contributed by atoms with Crippen molar-refractivity contribution in [2.75, 3.05) is 7.05 Å². The lowest BCUT2D eigenvalue weighted by Gasteiger charge is -2.27. The molecule has 1 rings (SSSR count). The van der Waals surface area contributed by atoms with Gasteiger partial charge >= 0.3 is 6.09 Å². The normalized spacial score (nSPS) is 11.4. The van der Waals surface area contributed by atoms with Crippen LogP contribution in [0.25, 0.3) is 0 Å². The van der Waals surface area contributed by atoms with Crippen molar-refractivity contribution in [1.82, 2.24) is 16.0 Å². The van der Waals surface area contributed by atoms with Crippen LogP contribution in [0.15, 0.2) is 24.3 Å². The summed E-state index contributed by atoms with van der Waals surface area (Å²) in [5.41, 5.74) is -0.486. The molecule has 1 aromatic carbocycles. The van der Waals surface area contributed by atoms with Crippen LogP contribution in [0, 0.1) is 0 Å². The Morgan fingerprint density at radius 2 is 1.72 bits per heavy atom. The topological polar surface area (TPSA) is 96.5 Å². The first-order chi connectivity index (χ1) is 11.4. The Balaban J connectivity index is 2.66. The Bertz CT molecular complexity index is 648. The van der Waals surface area contributed by atoms with Gasteiger partial charge in [-0.15, -0.1) is 0 Å². The number of alkyl carbamates (subject to hydrolysis) is 1. The van der Waals surface area contributed by atoms with E-state index in [1.165, 1.54) is 0 Å². The van der Waals surface area contributed by atoms with Crippen LogP contribution in [0.2, 0.25) is 0 Å². The van der Waals surface area contributed by atoms with Crippen LogP contribution in [0.5, 0.6) is 0 Å². The number of amides is 3. The molecule has 3 N–H and O–H groups in total. The summed E-state index contributed by atoms with van der Waals surface area (Å²) in [6, 6.07) is 6.95. The van der Waals surface area contributed by atoms with Crippen molar-refractivity contribution in [1.29, 1.82) is 0 Å². The maximum Gasteiger partial charge on any atom is 0.408 e. The SMILES string of the molecule is CNC(=O)c1cccc(CNC(=O)C(C)(C)NC(=O)OC(C)(C)C)c1. The number of hydrogen-bond acceptors (Lipinski definition) is 4. The van der Waals surface area contributed by atoms with Gasteiger partial charge < -0.3 is 20.7 Å². The summed E-state index contributed by atoms with van der Waals surface area (Å²) >= 11 is 0. The molecule has 3 amide bonds. The largest absolute Gasteiger partial charge is 0.444 e. The summed E-state index contributed by atoms with van der Waals surface area (Å²) in [5.74, 6) is -0.552. The number of benzene rings is 1. The zero-order valence-electron chi connectivity index (χ0n) is 15.6. The molecule has 0 saturated carbocycles. The van der Waals surface area contributed by atoms with Crippen molar-refractivity contribution in [2.45, 2.75) is 52.3 Å². The van der Waals surface area contributed by atoms with E-state index in [2.05, 4.69) is 16.0 Å². The molecule has 0 aliphatic carbocycles. The zero-order chi connectivity index (χ0) is 19.3. The van der Waals surface area contributed by atoms with Gasteiger partial charge in [-0.2, -0.15) is 0 Å². The third-order valence-corrected chi connectivity index (χ3v) is 3.25. The van der Waals surface area contributed by atoms with E-state index in [1.54, 1.807) is 65.9 Å². The predicted molar refractivity (Wildman–Crippen MR) is 95.1 cm³/mol. The van der Waals surface area contributed by atoms with Crippen LogP contribution in [0.1, 0.15) is 50.5 Å². The van der Waals surface area contributed by atoms with Gasteiger partial charge in [0.1, 0.15) is 11.1 Å². The van der Waals surface area contributed by atoms with E-state index in [0.717, 1.165) is 5.56 Å². The molecule has 0 spiro atoms. The smallest absolute Gasteiger partial charge is 0.408 e. The fraction of sp³-hybridized carbons (Fsp3) is 0.500. The number of carbonyl (C=O) groups excluding carboxylic acids is 3. The van der Waals surface area contributed by atoms with Crippen molar-refractivity contribution in [3.8, 4) is 0 Å². The van der Waals surface area contributed by atoms with Crippen molar-refractivity contribution in [3.63, 3.8) is 0 Å². The van der Waals surface area contributed by atoms with Crippen molar-refractivity contribution in [2.24, 2.45) is 0 Å². The average Bonchev–Trinajstić information content (AvgIpc) is 2.49. The summed E-state index contributed by atoms with van der Waals surface area (Å²) in [6.07, 6.45) is -0.658. The molecule has 0 radical (unpaired) electrons. The van der Waals surface area contributed by atoms with E-state index in [9.17, 15) is 14.4 Å². The lowest BCUT2D eigenvalue weighted by molar-refractivity contribution is -0.126. The second-order valence-corrected chi connectivity index (χ2v) is 7.21. The Kier molecular flexibility index (Phi) is 6.55. The minimum absolute atomic E-state index is 0.194. The third kappa shape index (κ3) is 6.82. The van der Waals surface area contributed by atoms with Crippen LogP contribution in [0.4, 0.5) is 4.79 Å². The van der Waals surface area contributed by atoms with Gasteiger partial charge in [-0.3, -0.25) is 9.59 Å². The molecule has 0 aromatic heterocycles. The van der Waals surface area contributed by atoms with Gasteiger partial charge in [-0.25, -0.2) is 4.79 Å². The maximum atomic E-state index is 12.4. The number of nitrogens with one attached hydrogen (secondary N) is 3. The van der Waals surface area contributed by atoms with Gasteiger partial charge in [0.05, 0.1) is 0 Å². The molecule has 138 valence electrons. The van der Waals surface area contributed by atoms with E-state index in [-0.39, 0.29) is 18.4 Å². The van der Waals surface area contributed by atoms with Gasteiger partial charge in [0.15, 0.2) is 0 Å². The van der Waals surface area contributed by atoms with Gasteiger partial charge in [-0.1, -0.05) is 12.1 Å². The van der Waals surface area contributed by atoms with E-state index in [1.807, 2.05) is 0 Å². The Morgan fingerprint density at radius 1 is 1.08 bits per heavy atom. The molecule has 0 saturated heterocycles. The number of ether oxygens (including phenoxy) is 1. The monoisotopic (exact) mass is 349 g/mol. The minimum atomic E-state index is -1.14. The van der Waals surface area contributed by atoms with Crippen LogP contribution in [-0.2, 0) is 16.1 Å². The summed E-state index contributed by atoms with van der Waals surface area (Å²) < 4.78 is 5.17. The molecule has 0 unspecified atom stereocenters. The van der Waals surface area contributed by atoms with E-state index >= 15 is 0 Å². The highest BCUT2D eigenvalue weighted by molar-refractivity contribution is 5.94. The van der Waals surface area contributed by atoms with Crippen LogP contribution < -0.4 is 16.0 Å². The highest BCUT2D eigenvalue weighted by Crippen LogP contribution is 2.10. The number of carbonyl (C=O) groups is 3. The van der Waals surface area contributed by atoms with E-state index < -0.39 is 17.2 Å². The first-order valence-electron chi connectivity index (χ1n) is 8.05. The summed E-state index contributed by atoms with van der Waals surface area (Å²) in [7, 11) is 1.56. The quantitative estimate of drug-likeness (QED) is 0.757. The van der Waals surface area contributed by atoms with Crippen LogP contribution in [0.3, 0.4) is 0 Å². The zero-order valence-corrected chi connectivity index (χ0v) is 15.6. The average molecular weight is 349 g/mol. The van der Waals surface area contributed by atoms with Gasteiger partial charge in [-0.05, 0) is 52.3 Å². The molecule has 1 aromatic rings. The molecule has 0 atom stereocenters. The number of rotatable bonds is 5. The summed E-state index contributed by atoms with van der Waals surface area (Å²) in [5, 5.41) is 7.85. The van der Waals surface area contributed by atoms with Crippen LogP contribution in [-0.4, -0.2) is 36.1 Å². The molecule has 0 bridgehead atoms. The van der Waals surface area contributed by atoms with Gasteiger partial charge in [0.2, 0.25) is 5.91 Å². The second kappa shape index (κ2) is 8.00. The first-order valence-corrected chi connectivity index (χ1v) is 8.05. The fourth-order valence-corrected chi connectivity index (χ4v) is 1.99. The number of hydrogen-bond donors (Lipinski definition) is 3. The lowest BCUT2D eigenvalue weighted by Crippen LogP contribution is -2.55. The van der Waals surface area contributed by atoms with Crippen LogP contribution >= 0.6 is 0 Å². The Labute approximate surface area is 148 Å². The molecular formula is C18H27N3O4. The molecule has 7 heteroatoms. The highest BCUT2D eigenvalue weighted by atomic mass is 16.6. The molecule has 0 fully saturated rings. The highest BCUT2D eigenvalue weighted by Gasteiger charge is 2.31. The standard InChI is InChI=1S/C18H27N3O4/c1-17(2,3)25-16(24)21-18(4,5)15(23)20-11-12-8-7-9-13(10-12)14(22)19-6/h7-10H,11H2,1-6H3,(H,19,22)(H,20,23)(H,21,24). The van der Waals surface area contributed by atoms with E-state index in [0.29, 0.717) is 5.56 Å². The Hall–Kier alpha value is -2.57. The third-order valence-electron chi connectivity index (χ3n) is 3.25.